The van der Waals surface area contributed by atoms with Crippen LogP contribution in [-0.2, 0) is 32.6 Å². The average molecular weight is 487 g/mol. The van der Waals surface area contributed by atoms with Gasteiger partial charge in [0.15, 0.2) is 0 Å². The zero-order chi connectivity index (χ0) is 24.9. The fourth-order valence-corrected chi connectivity index (χ4v) is 5.87. The van der Waals surface area contributed by atoms with Crippen molar-refractivity contribution in [2.75, 3.05) is 38.1 Å². The maximum absolute atomic E-state index is 13.0. The number of hydrogen-bond donors (Lipinski definition) is 1. The Morgan fingerprint density at radius 2 is 1.76 bits per heavy atom. The summed E-state index contributed by atoms with van der Waals surface area (Å²) in [6.07, 6.45) is 0.280. The standard InChI is InChI=1S/C25H34N4O4S/c1-5-28(6-2)34(32,33)22-12-13-23-21(16-22)17-24(29(23)19(3)30)25(31)26-14-15-27(4)18-20-10-8-7-9-11-20/h7-13,16,24H,5-6,14-15,17-18H2,1-4H3,(H,26,31)/t24-/m1/s1. The van der Waals surface area contributed by atoms with E-state index in [9.17, 15) is 18.0 Å². The lowest BCUT2D eigenvalue weighted by Gasteiger charge is -2.24. The Morgan fingerprint density at radius 3 is 2.38 bits per heavy atom. The van der Waals surface area contributed by atoms with Gasteiger partial charge in [0.2, 0.25) is 21.8 Å². The van der Waals surface area contributed by atoms with Gasteiger partial charge in [-0.15, -0.1) is 0 Å². The second-order valence-corrected chi connectivity index (χ2v) is 10.4. The number of hydrogen-bond acceptors (Lipinski definition) is 5. The Morgan fingerprint density at radius 1 is 1.09 bits per heavy atom. The van der Waals surface area contributed by atoms with E-state index in [0.29, 0.717) is 37.4 Å². The number of carbonyl (C=O) groups excluding carboxylic acids is 2. The van der Waals surface area contributed by atoms with Crippen molar-refractivity contribution in [3.05, 3.63) is 59.7 Å². The van der Waals surface area contributed by atoms with Gasteiger partial charge in [-0.3, -0.25) is 14.5 Å². The summed E-state index contributed by atoms with van der Waals surface area (Å²) in [5.41, 5.74) is 2.47. The number of likely N-dealkylation sites (N-methyl/N-ethyl adjacent to an activating group) is 1. The molecule has 1 atom stereocenters. The van der Waals surface area contributed by atoms with E-state index in [-0.39, 0.29) is 23.1 Å². The molecule has 2 aromatic carbocycles. The third-order valence-electron chi connectivity index (χ3n) is 6.11. The zero-order valence-electron chi connectivity index (χ0n) is 20.3. The highest BCUT2D eigenvalue weighted by Gasteiger charge is 2.37. The number of nitrogens with zero attached hydrogens (tertiary/aromatic N) is 3. The lowest BCUT2D eigenvalue weighted by atomic mass is 10.1. The van der Waals surface area contributed by atoms with Crippen molar-refractivity contribution in [1.82, 2.24) is 14.5 Å². The first-order valence-corrected chi connectivity index (χ1v) is 13.1. The fraction of sp³-hybridized carbons (Fsp3) is 0.440. The van der Waals surface area contributed by atoms with Crippen LogP contribution in [0.2, 0.25) is 0 Å². The quantitative estimate of drug-likeness (QED) is 0.556. The maximum Gasteiger partial charge on any atom is 0.243 e. The van der Waals surface area contributed by atoms with Crippen molar-refractivity contribution in [3.63, 3.8) is 0 Å². The molecule has 0 radical (unpaired) electrons. The SMILES string of the molecule is CCN(CC)S(=O)(=O)c1ccc2c(c1)C[C@H](C(=O)NCCN(C)Cc1ccccc1)N2C(C)=O. The molecule has 0 aromatic heterocycles. The Kier molecular flexibility index (Phi) is 8.46. The van der Waals surface area contributed by atoms with Crippen molar-refractivity contribution in [3.8, 4) is 0 Å². The molecule has 0 saturated heterocycles. The van der Waals surface area contributed by atoms with Crippen molar-refractivity contribution in [2.45, 2.75) is 44.7 Å². The molecule has 1 aliphatic rings. The Labute approximate surface area is 202 Å². The molecule has 34 heavy (non-hydrogen) atoms. The highest BCUT2D eigenvalue weighted by Crippen LogP contribution is 2.34. The van der Waals surface area contributed by atoms with Crippen molar-refractivity contribution in [1.29, 1.82) is 0 Å². The molecule has 0 saturated carbocycles. The molecule has 3 rings (SSSR count). The first-order valence-electron chi connectivity index (χ1n) is 11.6. The summed E-state index contributed by atoms with van der Waals surface area (Å²) in [7, 11) is -1.63. The summed E-state index contributed by atoms with van der Waals surface area (Å²) in [5, 5.41) is 2.94. The van der Waals surface area contributed by atoms with Gasteiger partial charge in [0, 0.05) is 51.8 Å². The van der Waals surface area contributed by atoms with Gasteiger partial charge in [-0.05, 0) is 36.4 Å². The molecule has 1 N–H and O–H groups in total. The Hall–Kier alpha value is -2.75. The van der Waals surface area contributed by atoms with Gasteiger partial charge >= 0.3 is 0 Å². The normalized spacial score (nSPS) is 15.6. The van der Waals surface area contributed by atoms with E-state index < -0.39 is 16.1 Å². The third kappa shape index (κ3) is 5.65. The number of benzene rings is 2. The smallest absolute Gasteiger partial charge is 0.243 e. The predicted octanol–water partition coefficient (Wildman–Crippen LogP) is 2.24. The number of fused-ring (bicyclic) bond motifs is 1. The lowest BCUT2D eigenvalue weighted by Crippen LogP contribution is -2.48. The first kappa shape index (κ1) is 25.9. The van der Waals surface area contributed by atoms with E-state index in [2.05, 4.69) is 22.3 Å². The largest absolute Gasteiger partial charge is 0.353 e. The summed E-state index contributed by atoms with van der Waals surface area (Å²) >= 11 is 0. The maximum atomic E-state index is 13.0. The van der Waals surface area contributed by atoms with Gasteiger partial charge in [-0.25, -0.2) is 8.42 Å². The number of amides is 2. The van der Waals surface area contributed by atoms with Crippen LogP contribution in [-0.4, -0.2) is 68.7 Å². The lowest BCUT2D eigenvalue weighted by molar-refractivity contribution is -0.125. The molecule has 0 spiro atoms. The van der Waals surface area contributed by atoms with Crippen LogP contribution in [0, 0.1) is 0 Å². The van der Waals surface area contributed by atoms with Gasteiger partial charge in [-0.1, -0.05) is 44.2 Å². The van der Waals surface area contributed by atoms with Crippen LogP contribution in [0.5, 0.6) is 0 Å². The van der Waals surface area contributed by atoms with Crippen LogP contribution in [0.1, 0.15) is 31.9 Å². The van der Waals surface area contributed by atoms with E-state index in [4.69, 9.17) is 0 Å². The van der Waals surface area contributed by atoms with Crippen LogP contribution in [0.4, 0.5) is 5.69 Å². The van der Waals surface area contributed by atoms with Crippen LogP contribution in [0.15, 0.2) is 53.4 Å². The van der Waals surface area contributed by atoms with Gasteiger partial charge in [0.25, 0.3) is 0 Å². The van der Waals surface area contributed by atoms with Gasteiger partial charge in [0.05, 0.1) is 4.90 Å². The number of sulfonamides is 1. The average Bonchev–Trinajstić information content (AvgIpc) is 3.19. The minimum atomic E-state index is -3.62. The predicted molar refractivity (Wildman–Crippen MR) is 133 cm³/mol. The first-order chi connectivity index (χ1) is 16.2. The molecule has 0 fully saturated rings. The highest BCUT2D eigenvalue weighted by atomic mass is 32.2. The summed E-state index contributed by atoms with van der Waals surface area (Å²) < 4.78 is 27.2. The third-order valence-corrected chi connectivity index (χ3v) is 8.15. The molecule has 9 heteroatoms. The molecule has 184 valence electrons. The van der Waals surface area contributed by atoms with Crippen LogP contribution >= 0.6 is 0 Å². The van der Waals surface area contributed by atoms with Gasteiger partial charge in [0.1, 0.15) is 6.04 Å². The highest BCUT2D eigenvalue weighted by molar-refractivity contribution is 7.89. The van der Waals surface area contributed by atoms with E-state index in [1.54, 1.807) is 26.0 Å². The second kappa shape index (κ2) is 11.1. The summed E-state index contributed by atoms with van der Waals surface area (Å²) in [5.74, 6) is -0.493. The molecular weight excluding hydrogens is 452 g/mol. The number of anilines is 1. The van der Waals surface area contributed by atoms with Crippen molar-refractivity contribution >= 4 is 27.5 Å². The summed E-state index contributed by atoms with van der Waals surface area (Å²) in [6, 6.07) is 14.1. The van der Waals surface area contributed by atoms with Gasteiger partial charge < -0.3 is 10.2 Å². The number of nitrogens with one attached hydrogen (secondary N) is 1. The minimum absolute atomic E-state index is 0.182. The molecule has 8 nitrogen and oxygen atoms in total. The topological polar surface area (TPSA) is 90.0 Å². The second-order valence-electron chi connectivity index (χ2n) is 8.50. The molecule has 1 heterocycles. The van der Waals surface area contributed by atoms with Gasteiger partial charge in [-0.2, -0.15) is 4.31 Å². The van der Waals surface area contributed by atoms with Crippen LogP contribution in [0.3, 0.4) is 0 Å². The fourth-order valence-electron chi connectivity index (χ4n) is 4.36. The number of rotatable bonds is 10. The van der Waals surface area contributed by atoms with E-state index in [1.165, 1.54) is 27.8 Å². The molecule has 2 amide bonds. The molecule has 0 bridgehead atoms. The van der Waals surface area contributed by atoms with E-state index >= 15 is 0 Å². The molecule has 0 unspecified atom stereocenters. The van der Waals surface area contributed by atoms with Crippen molar-refractivity contribution < 1.29 is 18.0 Å². The number of carbonyl (C=O) groups is 2. The minimum Gasteiger partial charge on any atom is -0.353 e. The van der Waals surface area contributed by atoms with Crippen LogP contribution in [0.25, 0.3) is 0 Å². The van der Waals surface area contributed by atoms with Crippen LogP contribution < -0.4 is 10.2 Å². The molecule has 2 aromatic rings. The van der Waals surface area contributed by atoms with Crippen molar-refractivity contribution in [2.24, 2.45) is 0 Å². The zero-order valence-corrected chi connectivity index (χ0v) is 21.1. The Bertz CT molecular complexity index is 1120. The monoisotopic (exact) mass is 486 g/mol. The van der Waals surface area contributed by atoms with E-state index in [1.807, 2.05) is 25.2 Å². The van der Waals surface area contributed by atoms with E-state index in [0.717, 1.165) is 6.54 Å². The summed E-state index contributed by atoms with van der Waals surface area (Å²) in [6.45, 7) is 7.64. The molecule has 0 aliphatic carbocycles. The molecular formula is C25H34N4O4S. The Balaban J connectivity index is 1.68. The molecule has 1 aliphatic heterocycles. The summed E-state index contributed by atoms with van der Waals surface area (Å²) in [4.78, 5) is 29.2.